The van der Waals surface area contributed by atoms with Crippen LogP contribution in [0.1, 0.15) is 41.3 Å². The fourth-order valence-electron chi connectivity index (χ4n) is 3.56. The molecular weight excluding hydrogens is 421 g/mol. The third-order valence-electron chi connectivity index (χ3n) is 5.62. The zero-order chi connectivity index (χ0) is 22.8. The van der Waals surface area contributed by atoms with Crippen molar-refractivity contribution in [2.75, 3.05) is 13.1 Å². The van der Waals surface area contributed by atoms with Gasteiger partial charge in [0.05, 0.1) is 10.8 Å². The highest BCUT2D eigenvalue weighted by Crippen LogP contribution is 2.25. The second-order valence-corrected chi connectivity index (χ2v) is 9.84. The van der Waals surface area contributed by atoms with Crippen LogP contribution >= 0.6 is 0 Å². The quantitative estimate of drug-likeness (QED) is 0.499. The predicted octanol–water partition coefficient (Wildman–Crippen LogP) is 3.66. The number of hydrogen-bond donors (Lipinski definition) is 0. The second kappa shape index (κ2) is 9.28. The highest BCUT2D eigenvalue weighted by Gasteiger charge is 2.35. The maximum absolute atomic E-state index is 13.1. The van der Waals surface area contributed by atoms with E-state index >= 15 is 0 Å². The molecule has 0 amide bonds. The van der Waals surface area contributed by atoms with Crippen molar-refractivity contribution in [2.24, 2.45) is 5.92 Å². The SMILES string of the molecule is Cc1ccc(C(=O)C(C)OC(=O)C2CCCN(S(=O)(=O)c3ccc(F)cc3)C2)cc1C. The van der Waals surface area contributed by atoms with Crippen LogP contribution in [0.4, 0.5) is 4.39 Å². The van der Waals surface area contributed by atoms with Crippen molar-refractivity contribution in [1.82, 2.24) is 4.31 Å². The number of aryl methyl sites for hydroxylation is 2. The van der Waals surface area contributed by atoms with Crippen LogP contribution in [-0.2, 0) is 19.6 Å². The lowest BCUT2D eigenvalue weighted by atomic mass is 9.99. The Hall–Kier alpha value is -2.58. The minimum atomic E-state index is -3.85. The summed E-state index contributed by atoms with van der Waals surface area (Å²) in [5.74, 6) is -2.09. The van der Waals surface area contributed by atoms with Crippen molar-refractivity contribution in [1.29, 1.82) is 0 Å². The number of ketones is 1. The number of Topliss-reactive ketones (excluding diaryl/α,β-unsaturated/α-hetero) is 1. The molecule has 0 aliphatic carbocycles. The summed E-state index contributed by atoms with van der Waals surface area (Å²) in [5, 5.41) is 0. The smallest absolute Gasteiger partial charge is 0.310 e. The minimum absolute atomic E-state index is 0.0267. The van der Waals surface area contributed by atoms with E-state index in [1.54, 1.807) is 12.1 Å². The fourth-order valence-corrected chi connectivity index (χ4v) is 5.09. The molecule has 1 aliphatic rings. The number of nitrogens with zero attached hydrogens (tertiary/aromatic N) is 1. The molecule has 2 unspecified atom stereocenters. The fraction of sp³-hybridized carbons (Fsp3) is 0.391. The van der Waals surface area contributed by atoms with Crippen molar-refractivity contribution in [3.05, 3.63) is 65.0 Å². The van der Waals surface area contributed by atoms with Gasteiger partial charge in [0.1, 0.15) is 5.82 Å². The Morgan fingerprint density at radius 3 is 2.42 bits per heavy atom. The second-order valence-electron chi connectivity index (χ2n) is 7.90. The third-order valence-corrected chi connectivity index (χ3v) is 7.50. The van der Waals surface area contributed by atoms with E-state index in [0.717, 1.165) is 23.3 Å². The van der Waals surface area contributed by atoms with Gasteiger partial charge in [0.15, 0.2) is 6.10 Å². The summed E-state index contributed by atoms with van der Waals surface area (Å²) < 4.78 is 45.4. The first-order chi connectivity index (χ1) is 14.6. The molecule has 1 saturated heterocycles. The van der Waals surface area contributed by atoms with E-state index < -0.39 is 33.8 Å². The molecule has 2 atom stereocenters. The molecule has 1 fully saturated rings. The molecule has 0 radical (unpaired) electrons. The number of ether oxygens (including phenoxy) is 1. The largest absolute Gasteiger partial charge is 0.454 e. The predicted molar refractivity (Wildman–Crippen MR) is 114 cm³/mol. The van der Waals surface area contributed by atoms with Crippen LogP contribution in [0.15, 0.2) is 47.4 Å². The van der Waals surface area contributed by atoms with E-state index in [9.17, 15) is 22.4 Å². The van der Waals surface area contributed by atoms with Gasteiger partial charge in [-0.15, -0.1) is 0 Å². The Bertz CT molecular complexity index is 1080. The summed E-state index contributed by atoms with van der Waals surface area (Å²) >= 11 is 0. The van der Waals surface area contributed by atoms with E-state index in [-0.39, 0.29) is 23.8 Å². The highest BCUT2D eigenvalue weighted by atomic mass is 32.2. The van der Waals surface area contributed by atoms with E-state index in [4.69, 9.17) is 4.74 Å². The van der Waals surface area contributed by atoms with Crippen LogP contribution in [0.25, 0.3) is 0 Å². The molecule has 0 aromatic heterocycles. The van der Waals surface area contributed by atoms with Crippen molar-refractivity contribution in [3.63, 3.8) is 0 Å². The zero-order valence-corrected chi connectivity index (χ0v) is 18.6. The molecule has 1 heterocycles. The lowest BCUT2D eigenvalue weighted by molar-refractivity contribution is -0.152. The molecule has 0 spiro atoms. The number of sulfonamides is 1. The topological polar surface area (TPSA) is 80.8 Å². The Morgan fingerprint density at radius 2 is 1.77 bits per heavy atom. The number of carbonyl (C=O) groups is 2. The molecule has 8 heteroatoms. The summed E-state index contributed by atoms with van der Waals surface area (Å²) in [4.78, 5) is 25.3. The molecule has 0 N–H and O–H groups in total. The summed E-state index contributed by atoms with van der Waals surface area (Å²) in [6.07, 6.45) is -0.0166. The lowest BCUT2D eigenvalue weighted by Crippen LogP contribution is -2.43. The van der Waals surface area contributed by atoms with Gasteiger partial charge in [-0.1, -0.05) is 12.1 Å². The van der Waals surface area contributed by atoms with Crippen LogP contribution in [0, 0.1) is 25.6 Å². The van der Waals surface area contributed by atoms with Crippen LogP contribution < -0.4 is 0 Å². The maximum atomic E-state index is 13.1. The van der Waals surface area contributed by atoms with Crippen molar-refractivity contribution < 1.29 is 27.1 Å². The number of halogens is 1. The Kier molecular flexibility index (Phi) is 6.91. The lowest BCUT2D eigenvalue weighted by Gasteiger charge is -2.31. The molecule has 3 rings (SSSR count). The van der Waals surface area contributed by atoms with E-state index in [2.05, 4.69) is 0 Å². The van der Waals surface area contributed by atoms with Crippen molar-refractivity contribution in [3.8, 4) is 0 Å². The minimum Gasteiger partial charge on any atom is -0.454 e. The Morgan fingerprint density at radius 1 is 1.10 bits per heavy atom. The first-order valence-corrected chi connectivity index (χ1v) is 11.6. The monoisotopic (exact) mass is 447 g/mol. The molecule has 2 aromatic rings. The van der Waals surface area contributed by atoms with Crippen LogP contribution in [0.5, 0.6) is 0 Å². The molecule has 166 valence electrons. The van der Waals surface area contributed by atoms with Gasteiger partial charge in [0.25, 0.3) is 0 Å². The molecule has 2 aromatic carbocycles. The van der Waals surface area contributed by atoms with Crippen LogP contribution in [-0.4, -0.2) is 43.7 Å². The maximum Gasteiger partial charge on any atom is 0.310 e. The molecule has 1 aliphatic heterocycles. The average molecular weight is 448 g/mol. The summed E-state index contributed by atoms with van der Waals surface area (Å²) in [5.41, 5.74) is 2.50. The molecule has 0 bridgehead atoms. The molecule has 31 heavy (non-hydrogen) atoms. The number of carbonyl (C=O) groups excluding carboxylic acids is 2. The highest BCUT2D eigenvalue weighted by molar-refractivity contribution is 7.89. The number of esters is 1. The van der Waals surface area contributed by atoms with Gasteiger partial charge in [-0.25, -0.2) is 12.8 Å². The molecule has 6 nitrogen and oxygen atoms in total. The number of benzene rings is 2. The van der Waals surface area contributed by atoms with Gasteiger partial charge in [-0.05, 0) is 75.1 Å². The summed E-state index contributed by atoms with van der Waals surface area (Å²) in [6.45, 7) is 5.60. The normalized spacial score (nSPS) is 18.4. The first-order valence-electron chi connectivity index (χ1n) is 10.2. The van der Waals surface area contributed by atoms with Gasteiger partial charge >= 0.3 is 5.97 Å². The van der Waals surface area contributed by atoms with Gasteiger partial charge in [0, 0.05) is 18.7 Å². The molecule has 0 saturated carbocycles. The van der Waals surface area contributed by atoms with Crippen molar-refractivity contribution >= 4 is 21.8 Å². The first kappa shape index (κ1) is 23.1. The number of hydrogen-bond acceptors (Lipinski definition) is 5. The Labute approximate surface area is 182 Å². The average Bonchev–Trinajstić information content (AvgIpc) is 2.75. The number of rotatable bonds is 6. The van der Waals surface area contributed by atoms with Crippen LogP contribution in [0.2, 0.25) is 0 Å². The van der Waals surface area contributed by atoms with Crippen molar-refractivity contribution in [2.45, 2.75) is 44.6 Å². The summed E-state index contributed by atoms with van der Waals surface area (Å²) in [6, 6.07) is 9.89. The Balaban J connectivity index is 1.67. The zero-order valence-electron chi connectivity index (χ0n) is 17.8. The van der Waals surface area contributed by atoms with Gasteiger partial charge in [-0.3, -0.25) is 9.59 Å². The van der Waals surface area contributed by atoms with E-state index in [0.29, 0.717) is 18.4 Å². The molecular formula is C23H26FNO5S. The van der Waals surface area contributed by atoms with E-state index in [1.165, 1.54) is 23.4 Å². The van der Waals surface area contributed by atoms with Crippen LogP contribution in [0.3, 0.4) is 0 Å². The van der Waals surface area contributed by atoms with Gasteiger partial charge < -0.3 is 4.74 Å². The van der Waals surface area contributed by atoms with Gasteiger partial charge in [0.2, 0.25) is 15.8 Å². The third kappa shape index (κ3) is 5.19. The number of piperidine rings is 1. The van der Waals surface area contributed by atoms with E-state index in [1.807, 2.05) is 19.9 Å². The van der Waals surface area contributed by atoms with Gasteiger partial charge in [-0.2, -0.15) is 4.31 Å². The summed E-state index contributed by atoms with van der Waals surface area (Å²) in [7, 11) is -3.85. The standard InChI is InChI=1S/C23H26FNO5S/c1-15-6-7-18(13-16(15)2)22(26)17(3)30-23(27)19-5-4-12-25(14-19)31(28,29)21-10-8-20(24)9-11-21/h6-11,13,17,19H,4-5,12,14H2,1-3H3.